The molecule has 3 heteroatoms. The Kier molecular flexibility index (Phi) is 3.21. The summed E-state index contributed by atoms with van der Waals surface area (Å²) in [5, 5.41) is 3.49. The molecule has 0 aliphatic carbocycles. The average Bonchev–Trinajstić information content (AvgIpc) is 2.67. The van der Waals surface area contributed by atoms with Gasteiger partial charge >= 0.3 is 0 Å². The standard InChI is InChI=1S/C12H19N3/c1-3-13-11-5-7-15(9-11)12-8-10(2)4-6-14-12/h4,6,8,11,13H,3,5,7,9H2,1-2H3. The molecule has 15 heavy (non-hydrogen) atoms. The molecular weight excluding hydrogens is 186 g/mol. The Balaban J connectivity index is 2.01. The molecule has 1 N–H and O–H groups in total. The number of likely N-dealkylation sites (N-methyl/N-ethyl adjacent to an activating group) is 1. The van der Waals surface area contributed by atoms with Gasteiger partial charge in [0.25, 0.3) is 0 Å². The first-order valence-electron chi connectivity index (χ1n) is 5.70. The zero-order chi connectivity index (χ0) is 10.7. The lowest BCUT2D eigenvalue weighted by atomic mass is 10.3. The fourth-order valence-electron chi connectivity index (χ4n) is 2.12. The van der Waals surface area contributed by atoms with Crippen LogP contribution in [-0.4, -0.2) is 30.7 Å². The van der Waals surface area contributed by atoms with Gasteiger partial charge in [0.05, 0.1) is 0 Å². The molecule has 1 saturated heterocycles. The fourth-order valence-corrected chi connectivity index (χ4v) is 2.12. The minimum absolute atomic E-state index is 0.636. The van der Waals surface area contributed by atoms with E-state index in [1.165, 1.54) is 12.0 Å². The molecule has 1 aliphatic heterocycles. The summed E-state index contributed by atoms with van der Waals surface area (Å²) in [6.45, 7) is 7.54. The fraction of sp³-hybridized carbons (Fsp3) is 0.583. The number of nitrogens with one attached hydrogen (secondary N) is 1. The van der Waals surface area contributed by atoms with Crippen molar-refractivity contribution in [1.29, 1.82) is 0 Å². The summed E-state index contributed by atoms with van der Waals surface area (Å²) in [5.74, 6) is 1.12. The molecule has 0 spiro atoms. The van der Waals surface area contributed by atoms with Crippen LogP contribution in [0.3, 0.4) is 0 Å². The molecule has 1 aromatic heterocycles. The van der Waals surface area contributed by atoms with Crippen LogP contribution in [0.15, 0.2) is 18.3 Å². The Morgan fingerprint density at radius 2 is 2.47 bits per heavy atom. The van der Waals surface area contributed by atoms with Gasteiger partial charge in [0.15, 0.2) is 0 Å². The Morgan fingerprint density at radius 3 is 3.20 bits per heavy atom. The highest BCUT2D eigenvalue weighted by Gasteiger charge is 2.22. The third kappa shape index (κ3) is 2.48. The highest BCUT2D eigenvalue weighted by molar-refractivity contribution is 5.42. The molecule has 82 valence electrons. The second-order valence-corrected chi connectivity index (χ2v) is 4.18. The van der Waals surface area contributed by atoms with Gasteiger partial charge in [0.2, 0.25) is 0 Å². The average molecular weight is 205 g/mol. The van der Waals surface area contributed by atoms with Gasteiger partial charge in [0.1, 0.15) is 5.82 Å². The van der Waals surface area contributed by atoms with E-state index in [0.29, 0.717) is 6.04 Å². The minimum atomic E-state index is 0.636. The molecule has 1 fully saturated rings. The van der Waals surface area contributed by atoms with Crippen LogP contribution < -0.4 is 10.2 Å². The summed E-state index contributed by atoms with van der Waals surface area (Å²) < 4.78 is 0. The molecule has 0 aromatic carbocycles. The maximum absolute atomic E-state index is 4.41. The molecule has 0 radical (unpaired) electrons. The molecule has 1 aromatic rings. The summed E-state index contributed by atoms with van der Waals surface area (Å²) in [6, 6.07) is 4.84. The Hall–Kier alpha value is -1.09. The predicted octanol–water partition coefficient (Wildman–Crippen LogP) is 1.58. The lowest BCUT2D eigenvalue weighted by molar-refractivity contribution is 0.571. The second kappa shape index (κ2) is 4.62. The summed E-state index contributed by atoms with van der Waals surface area (Å²) in [7, 11) is 0. The SMILES string of the molecule is CCNC1CCN(c2cc(C)ccn2)C1. The van der Waals surface area contributed by atoms with E-state index < -0.39 is 0 Å². The van der Waals surface area contributed by atoms with E-state index in [2.05, 4.69) is 35.1 Å². The van der Waals surface area contributed by atoms with Gasteiger partial charge in [-0.1, -0.05) is 6.92 Å². The molecular formula is C12H19N3. The second-order valence-electron chi connectivity index (χ2n) is 4.18. The van der Waals surface area contributed by atoms with Gasteiger partial charge in [-0.2, -0.15) is 0 Å². The van der Waals surface area contributed by atoms with Crippen LogP contribution in [0, 0.1) is 6.92 Å². The highest BCUT2D eigenvalue weighted by Crippen LogP contribution is 2.18. The Morgan fingerprint density at radius 1 is 1.60 bits per heavy atom. The quantitative estimate of drug-likeness (QED) is 0.812. The third-order valence-electron chi connectivity index (χ3n) is 2.91. The number of rotatable bonds is 3. The van der Waals surface area contributed by atoms with Crippen molar-refractivity contribution in [2.24, 2.45) is 0 Å². The normalized spacial score (nSPS) is 20.9. The van der Waals surface area contributed by atoms with Crippen LogP contribution in [0.25, 0.3) is 0 Å². The van der Waals surface area contributed by atoms with Crippen molar-refractivity contribution in [3.05, 3.63) is 23.9 Å². The van der Waals surface area contributed by atoms with Crippen LogP contribution in [-0.2, 0) is 0 Å². The molecule has 2 rings (SSSR count). The zero-order valence-corrected chi connectivity index (χ0v) is 9.53. The van der Waals surface area contributed by atoms with Gasteiger partial charge in [-0.3, -0.25) is 0 Å². The molecule has 0 saturated carbocycles. The van der Waals surface area contributed by atoms with Crippen LogP contribution in [0.4, 0.5) is 5.82 Å². The van der Waals surface area contributed by atoms with Crippen LogP contribution in [0.2, 0.25) is 0 Å². The van der Waals surface area contributed by atoms with Crippen LogP contribution in [0.1, 0.15) is 18.9 Å². The van der Waals surface area contributed by atoms with E-state index in [9.17, 15) is 0 Å². The van der Waals surface area contributed by atoms with Crippen molar-refractivity contribution in [2.45, 2.75) is 26.3 Å². The number of hydrogen-bond donors (Lipinski definition) is 1. The monoisotopic (exact) mass is 205 g/mol. The first-order chi connectivity index (χ1) is 7.29. The van der Waals surface area contributed by atoms with Gasteiger partial charge in [-0.15, -0.1) is 0 Å². The lowest BCUT2D eigenvalue weighted by Crippen LogP contribution is -2.32. The minimum Gasteiger partial charge on any atom is -0.355 e. The predicted molar refractivity (Wildman–Crippen MR) is 63.3 cm³/mol. The summed E-state index contributed by atoms with van der Waals surface area (Å²) in [5.41, 5.74) is 1.28. The molecule has 0 bridgehead atoms. The first kappa shape index (κ1) is 10.4. The van der Waals surface area contributed by atoms with E-state index in [1.54, 1.807) is 0 Å². The van der Waals surface area contributed by atoms with E-state index in [-0.39, 0.29) is 0 Å². The molecule has 0 amide bonds. The van der Waals surface area contributed by atoms with E-state index in [0.717, 1.165) is 25.5 Å². The number of aromatic nitrogens is 1. The van der Waals surface area contributed by atoms with Crippen LogP contribution >= 0.6 is 0 Å². The summed E-state index contributed by atoms with van der Waals surface area (Å²) >= 11 is 0. The highest BCUT2D eigenvalue weighted by atomic mass is 15.2. The van der Waals surface area contributed by atoms with Crippen molar-refractivity contribution in [3.8, 4) is 0 Å². The maximum atomic E-state index is 4.41. The number of aryl methyl sites for hydroxylation is 1. The molecule has 2 heterocycles. The largest absolute Gasteiger partial charge is 0.355 e. The number of anilines is 1. The molecule has 1 aliphatic rings. The van der Waals surface area contributed by atoms with E-state index in [4.69, 9.17) is 0 Å². The summed E-state index contributed by atoms with van der Waals surface area (Å²) in [6.07, 6.45) is 3.12. The van der Waals surface area contributed by atoms with Gasteiger partial charge in [0, 0.05) is 25.3 Å². The van der Waals surface area contributed by atoms with Crippen molar-refractivity contribution < 1.29 is 0 Å². The van der Waals surface area contributed by atoms with Crippen molar-refractivity contribution in [1.82, 2.24) is 10.3 Å². The smallest absolute Gasteiger partial charge is 0.128 e. The van der Waals surface area contributed by atoms with Gasteiger partial charge < -0.3 is 10.2 Å². The molecule has 3 nitrogen and oxygen atoms in total. The third-order valence-corrected chi connectivity index (χ3v) is 2.91. The van der Waals surface area contributed by atoms with Crippen molar-refractivity contribution in [3.63, 3.8) is 0 Å². The van der Waals surface area contributed by atoms with Gasteiger partial charge in [-0.05, 0) is 37.6 Å². The summed E-state index contributed by atoms with van der Waals surface area (Å²) in [4.78, 5) is 6.78. The number of hydrogen-bond acceptors (Lipinski definition) is 3. The maximum Gasteiger partial charge on any atom is 0.128 e. The first-order valence-corrected chi connectivity index (χ1v) is 5.70. The van der Waals surface area contributed by atoms with Crippen molar-refractivity contribution >= 4 is 5.82 Å². The number of pyridine rings is 1. The molecule has 1 atom stereocenters. The van der Waals surface area contributed by atoms with E-state index >= 15 is 0 Å². The zero-order valence-electron chi connectivity index (χ0n) is 9.53. The Bertz CT molecular complexity index is 324. The lowest BCUT2D eigenvalue weighted by Gasteiger charge is -2.17. The Labute approximate surface area is 91.5 Å². The van der Waals surface area contributed by atoms with E-state index in [1.807, 2.05) is 12.3 Å². The topological polar surface area (TPSA) is 28.2 Å². The van der Waals surface area contributed by atoms with Crippen LogP contribution in [0.5, 0.6) is 0 Å². The van der Waals surface area contributed by atoms with Gasteiger partial charge in [-0.25, -0.2) is 4.98 Å². The number of nitrogens with zero attached hydrogens (tertiary/aromatic N) is 2. The molecule has 1 unspecified atom stereocenters. The van der Waals surface area contributed by atoms with Crippen molar-refractivity contribution in [2.75, 3.05) is 24.5 Å².